The van der Waals surface area contributed by atoms with Crippen molar-refractivity contribution < 1.29 is 26.8 Å². The van der Waals surface area contributed by atoms with Crippen LogP contribution < -0.4 is 0 Å². The van der Waals surface area contributed by atoms with E-state index in [2.05, 4.69) is 4.98 Å². The third-order valence-corrected chi connectivity index (χ3v) is 2.56. The van der Waals surface area contributed by atoms with Crippen molar-refractivity contribution in [3.05, 3.63) is 54.0 Å². The highest BCUT2D eigenvalue weighted by Gasteiger charge is 2.33. The monoisotopic (exact) mass is 302 g/mol. The number of amides is 1. The largest absolute Gasteiger partial charge is 0.467 e. The molecule has 112 valence electrons. The van der Waals surface area contributed by atoms with Crippen LogP contribution in [-0.4, -0.2) is 28.5 Å². The van der Waals surface area contributed by atoms with Gasteiger partial charge in [0.25, 0.3) is 5.91 Å². The Morgan fingerprint density at radius 1 is 1.33 bits per heavy atom. The molecule has 1 amide bonds. The molecule has 2 aromatic rings. The molecule has 0 spiro atoms. The van der Waals surface area contributed by atoms with Crippen LogP contribution >= 0.6 is 0 Å². The fraction of sp³-hybridized carbons (Fsp3) is 0.231. The van der Waals surface area contributed by atoms with Gasteiger partial charge in [0.2, 0.25) is 5.95 Å². The first-order chi connectivity index (χ1) is 9.85. The zero-order valence-electron chi connectivity index (χ0n) is 10.6. The molecule has 0 aliphatic heterocycles. The molecule has 2 aromatic heterocycles. The van der Waals surface area contributed by atoms with Crippen molar-refractivity contribution in [2.45, 2.75) is 12.7 Å². The molecular weight excluding hydrogens is 292 g/mol. The molecule has 0 aromatic carbocycles. The second kappa shape index (κ2) is 5.94. The quantitative estimate of drug-likeness (QED) is 0.644. The van der Waals surface area contributed by atoms with Gasteiger partial charge in [-0.15, -0.1) is 0 Å². The predicted molar refractivity (Wildman–Crippen MR) is 63.7 cm³/mol. The van der Waals surface area contributed by atoms with Crippen LogP contribution in [0, 0.1) is 5.95 Å². The van der Waals surface area contributed by atoms with E-state index in [0.717, 1.165) is 18.3 Å². The van der Waals surface area contributed by atoms with Gasteiger partial charge in [-0.25, -0.2) is 4.98 Å². The van der Waals surface area contributed by atoms with Gasteiger partial charge in [-0.3, -0.25) is 4.79 Å². The highest BCUT2D eigenvalue weighted by atomic mass is 19.4. The number of nitrogens with zero attached hydrogens (tertiary/aromatic N) is 2. The van der Waals surface area contributed by atoms with Gasteiger partial charge in [0.1, 0.15) is 12.3 Å². The van der Waals surface area contributed by atoms with Gasteiger partial charge < -0.3 is 9.32 Å². The van der Waals surface area contributed by atoms with Gasteiger partial charge in [-0.2, -0.15) is 17.6 Å². The zero-order valence-corrected chi connectivity index (χ0v) is 10.6. The minimum absolute atomic E-state index is 0.196. The average molecular weight is 302 g/mol. The van der Waals surface area contributed by atoms with Crippen LogP contribution in [0.3, 0.4) is 0 Å². The highest BCUT2D eigenvalue weighted by Crippen LogP contribution is 2.20. The Bertz CT molecular complexity index is 611. The van der Waals surface area contributed by atoms with E-state index in [1.54, 1.807) is 0 Å². The van der Waals surface area contributed by atoms with Crippen LogP contribution in [0.1, 0.15) is 16.1 Å². The van der Waals surface area contributed by atoms with E-state index in [9.17, 15) is 22.4 Å². The van der Waals surface area contributed by atoms with Crippen LogP contribution in [0.5, 0.6) is 0 Å². The Morgan fingerprint density at radius 3 is 2.67 bits per heavy atom. The maximum atomic E-state index is 13.0. The first-order valence-corrected chi connectivity index (χ1v) is 5.85. The van der Waals surface area contributed by atoms with E-state index >= 15 is 0 Å². The highest BCUT2D eigenvalue weighted by molar-refractivity contribution is 5.94. The Labute approximate surface area is 117 Å². The normalized spacial score (nSPS) is 11.4. The number of hydrogen-bond donors (Lipinski definition) is 0. The molecule has 0 unspecified atom stereocenters. The topological polar surface area (TPSA) is 46.3 Å². The van der Waals surface area contributed by atoms with Gasteiger partial charge in [-0.05, 0) is 18.2 Å². The van der Waals surface area contributed by atoms with Crippen LogP contribution in [0.25, 0.3) is 0 Å². The number of carbonyl (C=O) groups is 1. The summed E-state index contributed by atoms with van der Waals surface area (Å²) in [6.45, 7) is -1.83. The molecule has 0 atom stereocenters. The average Bonchev–Trinajstić information content (AvgIpc) is 2.88. The third-order valence-electron chi connectivity index (χ3n) is 2.56. The number of alkyl halides is 3. The van der Waals surface area contributed by atoms with Crippen molar-refractivity contribution in [3.8, 4) is 0 Å². The van der Waals surface area contributed by atoms with Gasteiger partial charge in [0.05, 0.1) is 12.8 Å². The second-order valence-electron chi connectivity index (χ2n) is 4.22. The molecular formula is C13H10F4N2O2. The molecule has 0 radical (unpaired) electrons. The van der Waals surface area contributed by atoms with Crippen molar-refractivity contribution in [2.75, 3.05) is 6.54 Å². The van der Waals surface area contributed by atoms with Gasteiger partial charge in [-0.1, -0.05) is 0 Å². The maximum Gasteiger partial charge on any atom is 0.406 e. The van der Waals surface area contributed by atoms with Crippen molar-refractivity contribution in [2.24, 2.45) is 0 Å². The molecule has 0 saturated carbocycles. The van der Waals surface area contributed by atoms with Crippen molar-refractivity contribution in [1.82, 2.24) is 9.88 Å². The summed E-state index contributed by atoms with van der Waals surface area (Å²) in [4.78, 5) is 15.9. The van der Waals surface area contributed by atoms with Gasteiger partial charge >= 0.3 is 6.18 Å². The number of rotatable bonds is 4. The van der Waals surface area contributed by atoms with Crippen LogP contribution in [0.15, 0.2) is 41.1 Å². The van der Waals surface area contributed by atoms with Crippen LogP contribution in [0.4, 0.5) is 17.6 Å². The molecule has 0 N–H and O–H groups in total. The number of carbonyl (C=O) groups excluding carboxylic acids is 1. The summed E-state index contributed by atoms with van der Waals surface area (Å²) in [6, 6.07) is 4.88. The van der Waals surface area contributed by atoms with E-state index in [0.29, 0.717) is 4.90 Å². The molecule has 8 heteroatoms. The minimum atomic E-state index is -4.58. The van der Waals surface area contributed by atoms with Gasteiger partial charge in [0.15, 0.2) is 0 Å². The molecule has 0 aliphatic rings. The molecule has 0 saturated heterocycles. The Hall–Kier alpha value is -2.38. The second-order valence-corrected chi connectivity index (χ2v) is 4.22. The number of aromatic nitrogens is 1. The summed E-state index contributed by atoms with van der Waals surface area (Å²) in [5, 5.41) is 0. The molecule has 2 rings (SSSR count). The lowest BCUT2D eigenvalue weighted by molar-refractivity contribution is -0.142. The third kappa shape index (κ3) is 4.30. The molecule has 0 fully saturated rings. The smallest absolute Gasteiger partial charge is 0.406 e. The summed E-state index contributed by atoms with van der Waals surface area (Å²) < 4.78 is 55.7. The first-order valence-electron chi connectivity index (χ1n) is 5.85. The fourth-order valence-electron chi connectivity index (χ4n) is 1.72. The zero-order chi connectivity index (χ0) is 15.5. The van der Waals surface area contributed by atoms with E-state index in [-0.39, 0.29) is 17.9 Å². The lowest BCUT2D eigenvalue weighted by Crippen LogP contribution is -2.38. The van der Waals surface area contributed by atoms with E-state index < -0.39 is 24.6 Å². The standard InChI is InChI=1S/C13H10F4N2O2/c14-11-6-9(3-4-18-11)12(20)19(8-13(15,16)17)7-10-2-1-5-21-10/h1-6H,7-8H2. The van der Waals surface area contributed by atoms with Crippen LogP contribution in [0.2, 0.25) is 0 Å². The number of furan rings is 1. The molecule has 2 heterocycles. The van der Waals surface area contributed by atoms with Gasteiger partial charge in [0, 0.05) is 17.8 Å². The number of hydrogen-bond acceptors (Lipinski definition) is 3. The number of pyridine rings is 1. The maximum absolute atomic E-state index is 13.0. The van der Waals surface area contributed by atoms with Crippen molar-refractivity contribution in [1.29, 1.82) is 0 Å². The molecule has 4 nitrogen and oxygen atoms in total. The van der Waals surface area contributed by atoms with Crippen LogP contribution in [-0.2, 0) is 6.54 Å². The van der Waals surface area contributed by atoms with E-state index in [4.69, 9.17) is 4.42 Å². The molecule has 21 heavy (non-hydrogen) atoms. The Kier molecular flexibility index (Phi) is 4.25. The summed E-state index contributed by atoms with van der Waals surface area (Å²) in [5.74, 6) is -1.70. The Balaban J connectivity index is 2.23. The summed E-state index contributed by atoms with van der Waals surface area (Å²) in [6.07, 6.45) is -2.27. The molecule has 0 aliphatic carbocycles. The lowest BCUT2D eigenvalue weighted by atomic mass is 10.2. The Morgan fingerprint density at radius 2 is 2.10 bits per heavy atom. The summed E-state index contributed by atoms with van der Waals surface area (Å²) in [7, 11) is 0. The summed E-state index contributed by atoms with van der Waals surface area (Å²) >= 11 is 0. The summed E-state index contributed by atoms with van der Waals surface area (Å²) in [5.41, 5.74) is -0.210. The van der Waals surface area contributed by atoms with Crippen molar-refractivity contribution in [3.63, 3.8) is 0 Å². The number of halogens is 4. The SMILES string of the molecule is O=C(c1ccnc(F)c1)N(Cc1ccco1)CC(F)(F)F. The fourth-order valence-corrected chi connectivity index (χ4v) is 1.72. The molecule has 0 bridgehead atoms. The first kappa shape index (κ1) is 15.0. The van der Waals surface area contributed by atoms with E-state index in [1.165, 1.54) is 18.4 Å². The van der Waals surface area contributed by atoms with Crippen molar-refractivity contribution >= 4 is 5.91 Å². The predicted octanol–water partition coefficient (Wildman–Crippen LogP) is 3.02. The minimum Gasteiger partial charge on any atom is -0.467 e. The van der Waals surface area contributed by atoms with E-state index in [1.807, 2.05) is 0 Å². The lowest BCUT2D eigenvalue weighted by Gasteiger charge is -2.23.